The number of thiol groups is 1. The van der Waals surface area contributed by atoms with Crippen LogP contribution in [0.3, 0.4) is 0 Å². The van der Waals surface area contributed by atoms with Crippen molar-refractivity contribution in [2.75, 3.05) is 7.11 Å². The van der Waals surface area contributed by atoms with E-state index in [0.29, 0.717) is 16.8 Å². The fourth-order valence-electron chi connectivity index (χ4n) is 1.66. The molecule has 2 aromatic rings. The number of carbonyl (C=O) groups is 2. The van der Waals surface area contributed by atoms with Gasteiger partial charge in [-0.2, -0.15) is 0 Å². The van der Waals surface area contributed by atoms with Crippen molar-refractivity contribution in [3.63, 3.8) is 0 Å². The number of carboxylic acids is 1. The summed E-state index contributed by atoms with van der Waals surface area (Å²) in [5.74, 6) is -1.74. The van der Waals surface area contributed by atoms with Gasteiger partial charge in [-0.1, -0.05) is 0 Å². The first kappa shape index (κ1) is 13.4. The highest BCUT2D eigenvalue weighted by Gasteiger charge is 2.27. The Morgan fingerprint density at radius 1 is 1.53 bits per heavy atom. The second-order valence-corrected chi connectivity index (χ2v) is 4.37. The molecule has 0 aliphatic carbocycles. The van der Waals surface area contributed by atoms with Crippen molar-refractivity contribution in [3.05, 3.63) is 24.1 Å². The highest BCUT2D eigenvalue weighted by atomic mass is 32.1. The van der Waals surface area contributed by atoms with Gasteiger partial charge < -0.3 is 14.3 Å². The van der Waals surface area contributed by atoms with Crippen molar-refractivity contribution in [1.82, 2.24) is 4.98 Å². The highest BCUT2D eigenvalue weighted by Crippen LogP contribution is 2.27. The number of nitrogens with zero attached hydrogens (tertiary/aromatic N) is 1. The van der Waals surface area contributed by atoms with Gasteiger partial charge in [-0.05, 0) is 12.1 Å². The Hall–Kier alpha value is -2.02. The van der Waals surface area contributed by atoms with Gasteiger partial charge in [0.1, 0.15) is 17.2 Å². The second-order valence-electron chi connectivity index (χ2n) is 3.87. The minimum Gasteiger partial charge on any atom is -0.497 e. The molecule has 0 saturated heterocycles. The monoisotopic (exact) mass is 281 g/mol. The van der Waals surface area contributed by atoms with Crippen LogP contribution in [0.1, 0.15) is 18.2 Å². The fraction of sp³-hybridized carbons (Fsp3) is 0.250. The Morgan fingerprint density at radius 3 is 2.84 bits per heavy atom. The number of methoxy groups -OCH3 is 1. The van der Waals surface area contributed by atoms with E-state index in [0.717, 1.165) is 0 Å². The molecule has 7 heteroatoms. The van der Waals surface area contributed by atoms with Crippen LogP contribution in [-0.4, -0.2) is 28.3 Å². The standard InChI is InChI=1S/C12H11NO5S/c1-17-6-2-3-9-8(4-6)13-11(18-9)7(12(15)16)5-10(14)19/h2-4,7H,5H2,1H3,(H,14,19)(H,15,16). The van der Waals surface area contributed by atoms with E-state index in [1.54, 1.807) is 18.2 Å². The van der Waals surface area contributed by atoms with E-state index < -0.39 is 17.0 Å². The van der Waals surface area contributed by atoms with Gasteiger partial charge in [0.2, 0.25) is 5.89 Å². The minimum absolute atomic E-state index is 0.0156. The van der Waals surface area contributed by atoms with Crippen molar-refractivity contribution in [2.24, 2.45) is 0 Å². The maximum absolute atomic E-state index is 11.1. The van der Waals surface area contributed by atoms with E-state index >= 15 is 0 Å². The van der Waals surface area contributed by atoms with E-state index in [1.165, 1.54) is 7.11 Å². The lowest BCUT2D eigenvalue weighted by Crippen LogP contribution is -2.14. The van der Waals surface area contributed by atoms with E-state index in [4.69, 9.17) is 14.3 Å². The predicted molar refractivity (Wildman–Crippen MR) is 69.5 cm³/mol. The first-order chi connectivity index (χ1) is 9.01. The first-order valence-electron chi connectivity index (χ1n) is 5.40. The van der Waals surface area contributed by atoms with Gasteiger partial charge in [-0.25, -0.2) is 4.98 Å². The average molecular weight is 281 g/mol. The van der Waals surface area contributed by atoms with Gasteiger partial charge in [0.25, 0.3) is 0 Å². The molecular formula is C12H11NO5S. The van der Waals surface area contributed by atoms with Gasteiger partial charge in [0.15, 0.2) is 10.7 Å². The van der Waals surface area contributed by atoms with Crippen LogP contribution in [0.25, 0.3) is 11.1 Å². The summed E-state index contributed by atoms with van der Waals surface area (Å²) in [7, 11) is 1.52. The lowest BCUT2D eigenvalue weighted by Gasteiger charge is -2.04. The van der Waals surface area contributed by atoms with Crippen LogP contribution in [0.5, 0.6) is 5.75 Å². The zero-order valence-corrected chi connectivity index (χ0v) is 10.9. The maximum Gasteiger partial charge on any atom is 0.316 e. The molecule has 0 aliphatic rings. The summed E-state index contributed by atoms with van der Waals surface area (Å²) in [4.78, 5) is 26.2. The largest absolute Gasteiger partial charge is 0.497 e. The molecule has 0 bridgehead atoms. The number of hydrogen-bond donors (Lipinski definition) is 2. The van der Waals surface area contributed by atoms with Gasteiger partial charge in [-0.3, -0.25) is 9.59 Å². The molecule has 6 nitrogen and oxygen atoms in total. The van der Waals surface area contributed by atoms with Crippen molar-refractivity contribution in [3.8, 4) is 5.75 Å². The van der Waals surface area contributed by atoms with Gasteiger partial charge in [0.05, 0.1) is 7.11 Å². The zero-order valence-electron chi connectivity index (χ0n) is 9.99. The molecule has 100 valence electrons. The number of fused-ring (bicyclic) bond motifs is 1. The second kappa shape index (κ2) is 5.31. The molecule has 0 saturated carbocycles. The topological polar surface area (TPSA) is 89.6 Å². The van der Waals surface area contributed by atoms with E-state index in [-0.39, 0.29) is 12.3 Å². The number of ether oxygens (including phenoxy) is 1. The van der Waals surface area contributed by atoms with Crippen molar-refractivity contribution in [1.29, 1.82) is 0 Å². The summed E-state index contributed by atoms with van der Waals surface area (Å²) in [5, 5.41) is 8.56. The molecule has 0 spiro atoms. The smallest absolute Gasteiger partial charge is 0.316 e. The minimum atomic E-state index is -1.18. The number of aliphatic carboxylic acids is 1. The molecule has 1 N–H and O–H groups in total. The molecule has 0 aliphatic heterocycles. The number of rotatable bonds is 5. The average Bonchev–Trinajstić information content (AvgIpc) is 2.77. The third-order valence-corrected chi connectivity index (χ3v) is 2.77. The Labute approximate surface area is 113 Å². The summed E-state index contributed by atoms with van der Waals surface area (Å²) < 4.78 is 10.4. The molecule has 1 aromatic carbocycles. The van der Waals surface area contributed by atoms with E-state index in [2.05, 4.69) is 17.6 Å². The quantitative estimate of drug-likeness (QED) is 0.813. The van der Waals surface area contributed by atoms with E-state index in [9.17, 15) is 9.59 Å². The van der Waals surface area contributed by atoms with Crippen LogP contribution in [0.4, 0.5) is 0 Å². The Kier molecular flexibility index (Phi) is 3.75. The molecule has 1 atom stereocenters. The predicted octanol–water partition coefficient (Wildman–Crippen LogP) is 1.85. The van der Waals surface area contributed by atoms with Gasteiger partial charge in [-0.15, -0.1) is 12.6 Å². The summed E-state index contributed by atoms with van der Waals surface area (Å²) in [6.45, 7) is 0. The van der Waals surface area contributed by atoms with Crippen LogP contribution >= 0.6 is 12.6 Å². The number of oxazole rings is 1. The highest BCUT2D eigenvalue weighted by molar-refractivity contribution is 7.96. The molecule has 19 heavy (non-hydrogen) atoms. The fourth-order valence-corrected chi connectivity index (χ4v) is 1.84. The zero-order chi connectivity index (χ0) is 14.0. The van der Waals surface area contributed by atoms with Crippen molar-refractivity contribution < 1.29 is 23.8 Å². The molecular weight excluding hydrogens is 270 g/mol. The number of aromatic nitrogens is 1. The SMILES string of the molecule is COc1ccc2oc(C(CC(=O)S)C(=O)O)nc2c1. The lowest BCUT2D eigenvalue weighted by molar-refractivity contribution is -0.140. The summed E-state index contributed by atoms with van der Waals surface area (Å²) in [5.41, 5.74) is 0.917. The summed E-state index contributed by atoms with van der Waals surface area (Å²) >= 11 is 3.58. The summed E-state index contributed by atoms with van der Waals surface area (Å²) in [6, 6.07) is 4.94. The molecule has 1 heterocycles. The van der Waals surface area contributed by atoms with Crippen molar-refractivity contribution >= 4 is 34.8 Å². The Morgan fingerprint density at radius 2 is 2.26 bits per heavy atom. The van der Waals surface area contributed by atoms with Crippen LogP contribution in [0.15, 0.2) is 22.6 Å². The van der Waals surface area contributed by atoms with Gasteiger partial charge >= 0.3 is 5.97 Å². The molecule has 0 fully saturated rings. The first-order valence-corrected chi connectivity index (χ1v) is 5.85. The van der Waals surface area contributed by atoms with Gasteiger partial charge in [0, 0.05) is 12.5 Å². The number of carboxylic acid groups (broad SMARTS) is 1. The lowest BCUT2D eigenvalue weighted by atomic mass is 10.1. The molecule has 0 amide bonds. The van der Waals surface area contributed by atoms with E-state index in [1.807, 2.05) is 0 Å². The van der Waals surface area contributed by atoms with Crippen molar-refractivity contribution in [2.45, 2.75) is 12.3 Å². The number of carbonyl (C=O) groups excluding carboxylic acids is 1. The number of benzene rings is 1. The molecule has 2 rings (SSSR count). The van der Waals surface area contributed by atoms with Crippen LogP contribution in [-0.2, 0) is 9.59 Å². The van der Waals surface area contributed by atoms with Crippen LogP contribution < -0.4 is 4.74 Å². The van der Waals surface area contributed by atoms with Crippen LogP contribution in [0.2, 0.25) is 0 Å². The molecule has 1 aromatic heterocycles. The Balaban J connectivity index is 2.42. The number of hydrogen-bond acceptors (Lipinski definition) is 5. The molecule has 1 unspecified atom stereocenters. The molecule has 0 radical (unpaired) electrons. The van der Waals surface area contributed by atoms with Crippen LogP contribution in [0, 0.1) is 0 Å². The third kappa shape index (κ3) is 2.87. The normalized spacial score (nSPS) is 12.3. The summed E-state index contributed by atoms with van der Waals surface area (Å²) in [6.07, 6.45) is -0.275. The Bertz CT molecular complexity index is 636. The third-order valence-electron chi connectivity index (χ3n) is 2.59. The maximum atomic E-state index is 11.1.